The van der Waals surface area contributed by atoms with Crippen LogP contribution in [0.2, 0.25) is 0 Å². The Kier molecular flexibility index (Phi) is 18.0. The van der Waals surface area contributed by atoms with Crippen molar-refractivity contribution in [2.75, 3.05) is 39.9 Å². The smallest absolute Gasteiger partial charge is 0.120 e. The van der Waals surface area contributed by atoms with Gasteiger partial charge in [-0.25, -0.2) is 0 Å². The van der Waals surface area contributed by atoms with Gasteiger partial charge in [-0.3, -0.25) is 0 Å². The van der Waals surface area contributed by atoms with E-state index in [2.05, 4.69) is 31.9 Å². The number of hydrogen-bond acceptors (Lipinski definition) is 4. The van der Waals surface area contributed by atoms with Gasteiger partial charge in [0.2, 0.25) is 0 Å². The number of benzene rings is 2. The molecule has 2 aromatic rings. The zero-order valence-electron chi connectivity index (χ0n) is 15.7. The van der Waals surface area contributed by atoms with Crippen LogP contribution in [0.3, 0.4) is 0 Å². The number of alkyl halides is 1. The molecule has 0 heterocycles. The average molecular weight is 527 g/mol. The fourth-order valence-corrected chi connectivity index (χ4v) is 2.34. The van der Waals surface area contributed by atoms with Crippen molar-refractivity contribution < 1.29 is 19.3 Å². The number of aromatic hydroxyl groups is 1. The Morgan fingerprint density at radius 3 is 1.96 bits per heavy atom. The number of phenolic OH excluding ortho intramolecular Hbond substituents is 1. The van der Waals surface area contributed by atoms with Crippen LogP contribution in [-0.2, 0) is 9.47 Å². The third kappa shape index (κ3) is 17.1. The van der Waals surface area contributed by atoms with E-state index in [9.17, 15) is 0 Å². The molecule has 4 nitrogen and oxygen atoms in total. The highest BCUT2D eigenvalue weighted by Crippen LogP contribution is 2.17. The predicted molar refractivity (Wildman–Crippen MR) is 119 cm³/mol. The van der Waals surface area contributed by atoms with Crippen LogP contribution in [0, 0.1) is 0 Å². The molecule has 0 bridgehead atoms. The average Bonchev–Trinajstić information content (AvgIpc) is 2.67. The van der Waals surface area contributed by atoms with Crippen molar-refractivity contribution in [1.82, 2.24) is 0 Å². The van der Waals surface area contributed by atoms with Gasteiger partial charge in [0.1, 0.15) is 11.5 Å². The minimum atomic E-state index is 0.299. The van der Waals surface area contributed by atoms with Crippen LogP contribution in [0.4, 0.5) is 0 Å². The first-order valence-corrected chi connectivity index (χ1v) is 10.5. The molecule has 0 aliphatic heterocycles. The summed E-state index contributed by atoms with van der Waals surface area (Å²) in [5, 5.41) is 8.74. The van der Waals surface area contributed by atoms with Gasteiger partial charge in [-0.2, -0.15) is 0 Å². The fourth-order valence-electron chi connectivity index (χ4n) is 1.59. The van der Waals surface area contributed by atoms with E-state index in [1.54, 1.807) is 38.5 Å². The molecular formula is C20H27Br2ClO4. The summed E-state index contributed by atoms with van der Waals surface area (Å²) in [5.74, 6) is 1.90. The van der Waals surface area contributed by atoms with Crippen molar-refractivity contribution in [3.05, 3.63) is 57.5 Å². The summed E-state index contributed by atoms with van der Waals surface area (Å²) >= 11 is 11.9. The Morgan fingerprint density at radius 2 is 1.48 bits per heavy atom. The Labute approximate surface area is 184 Å². The molecule has 152 valence electrons. The zero-order chi connectivity index (χ0) is 20.3. The van der Waals surface area contributed by atoms with Gasteiger partial charge in [0, 0.05) is 48.7 Å². The van der Waals surface area contributed by atoms with Crippen molar-refractivity contribution >= 4 is 43.5 Å². The quantitative estimate of drug-likeness (QED) is 0.325. The number of rotatable bonds is 8. The van der Waals surface area contributed by atoms with Gasteiger partial charge in [-0.1, -0.05) is 37.9 Å². The van der Waals surface area contributed by atoms with Gasteiger partial charge in [-0.15, -0.1) is 11.6 Å². The van der Waals surface area contributed by atoms with Gasteiger partial charge in [-0.05, 0) is 48.9 Å². The largest absolute Gasteiger partial charge is 0.508 e. The highest BCUT2D eigenvalue weighted by molar-refractivity contribution is 9.10. The highest BCUT2D eigenvalue weighted by Gasteiger charge is 1.93. The minimum absolute atomic E-state index is 0.299. The summed E-state index contributed by atoms with van der Waals surface area (Å²) in [6, 6.07) is 14.7. The third-order valence-electron chi connectivity index (χ3n) is 2.87. The second kappa shape index (κ2) is 18.6. The molecule has 0 atom stereocenters. The zero-order valence-corrected chi connectivity index (χ0v) is 19.6. The third-order valence-corrected chi connectivity index (χ3v) is 4.16. The second-order valence-corrected chi connectivity index (χ2v) is 7.37. The monoisotopic (exact) mass is 524 g/mol. The first-order valence-electron chi connectivity index (χ1n) is 8.40. The van der Waals surface area contributed by atoms with Gasteiger partial charge in [0.05, 0.1) is 6.61 Å². The number of phenols is 1. The van der Waals surface area contributed by atoms with Crippen LogP contribution in [0.1, 0.15) is 12.8 Å². The fraction of sp³-hybridized carbons (Fsp3) is 0.400. The standard InChI is InChI=1S/C10H13BrO2.C6H5BrO.C4H9ClO/c1-12-6-3-7-13-10-5-2-4-9(11)8-10;7-5-1-3-6(8)4-2-5;1-6-4-2-3-5/h2,4-5,8H,3,6-7H2,1H3;1-4,8H;2-4H2,1H3. The number of hydrogen-bond donors (Lipinski definition) is 1. The summed E-state index contributed by atoms with van der Waals surface area (Å²) in [5.41, 5.74) is 0. The van der Waals surface area contributed by atoms with Crippen molar-refractivity contribution in [1.29, 1.82) is 0 Å². The summed E-state index contributed by atoms with van der Waals surface area (Å²) < 4.78 is 17.1. The Morgan fingerprint density at radius 1 is 0.852 bits per heavy atom. The van der Waals surface area contributed by atoms with Crippen LogP contribution in [-0.4, -0.2) is 45.0 Å². The highest BCUT2D eigenvalue weighted by atomic mass is 79.9. The van der Waals surface area contributed by atoms with Crippen molar-refractivity contribution in [3.8, 4) is 11.5 Å². The maximum Gasteiger partial charge on any atom is 0.120 e. The molecule has 0 aromatic heterocycles. The van der Waals surface area contributed by atoms with Crippen LogP contribution >= 0.6 is 43.5 Å². The first-order chi connectivity index (χ1) is 13.0. The Bertz CT molecular complexity index is 557. The lowest BCUT2D eigenvalue weighted by atomic mass is 10.3. The molecule has 0 aliphatic rings. The molecular weight excluding hydrogens is 499 g/mol. The molecule has 2 aromatic carbocycles. The molecule has 27 heavy (non-hydrogen) atoms. The van der Waals surface area contributed by atoms with Gasteiger partial charge in [0.25, 0.3) is 0 Å². The van der Waals surface area contributed by atoms with E-state index in [-0.39, 0.29) is 0 Å². The minimum Gasteiger partial charge on any atom is -0.508 e. The molecule has 1 N–H and O–H groups in total. The van der Waals surface area contributed by atoms with Crippen molar-refractivity contribution in [2.24, 2.45) is 0 Å². The first kappa shape index (κ1) is 26.2. The van der Waals surface area contributed by atoms with Gasteiger partial charge in [0.15, 0.2) is 0 Å². The Hall–Kier alpha value is -0.790. The van der Waals surface area contributed by atoms with E-state index in [1.807, 2.05) is 24.3 Å². The van der Waals surface area contributed by atoms with Crippen molar-refractivity contribution in [2.45, 2.75) is 12.8 Å². The van der Waals surface area contributed by atoms with E-state index >= 15 is 0 Å². The maximum absolute atomic E-state index is 8.74. The molecule has 0 saturated heterocycles. The second-order valence-electron chi connectivity index (χ2n) is 5.16. The van der Waals surface area contributed by atoms with Crippen LogP contribution < -0.4 is 4.74 Å². The van der Waals surface area contributed by atoms with Gasteiger partial charge < -0.3 is 19.3 Å². The summed E-state index contributed by atoms with van der Waals surface area (Å²) in [7, 11) is 3.37. The number of ether oxygens (including phenoxy) is 3. The SMILES string of the molecule is COCCCCl.COCCCOc1cccc(Br)c1.Oc1ccc(Br)cc1. The van der Waals surface area contributed by atoms with Crippen LogP contribution in [0.5, 0.6) is 11.5 Å². The molecule has 0 saturated carbocycles. The van der Waals surface area contributed by atoms with E-state index < -0.39 is 0 Å². The van der Waals surface area contributed by atoms with E-state index in [4.69, 9.17) is 30.9 Å². The van der Waals surface area contributed by atoms with E-state index in [0.29, 0.717) is 18.2 Å². The summed E-state index contributed by atoms with van der Waals surface area (Å²) in [6.07, 6.45) is 1.88. The predicted octanol–water partition coefficient (Wildman–Crippen LogP) is 6.28. The van der Waals surface area contributed by atoms with Crippen molar-refractivity contribution in [3.63, 3.8) is 0 Å². The van der Waals surface area contributed by atoms with E-state index in [1.165, 1.54) is 0 Å². The molecule has 0 radical (unpaired) electrons. The topological polar surface area (TPSA) is 47.9 Å². The van der Waals surface area contributed by atoms with E-state index in [0.717, 1.165) is 40.8 Å². The van der Waals surface area contributed by atoms with Gasteiger partial charge >= 0.3 is 0 Å². The maximum atomic E-state index is 8.74. The van der Waals surface area contributed by atoms with Crippen LogP contribution in [0.25, 0.3) is 0 Å². The lowest BCUT2D eigenvalue weighted by molar-refractivity contribution is 0.172. The lowest BCUT2D eigenvalue weighted by Crippen LogP contribution is -2.00. The lowest BCUT2D eigenvalue weighted by Gasteiger charge is -2.05. The molecule has 0 amide bonds. The number of methoxy groups -OCH3 is 2. The number of halogens is 3. The summed E-state index contributed by atoms with van der Waals surface area (Å²) in [4.78, 5) is 0. The molecule has 0 spiro atoms. The molecule has 7 heteroatoms. The molecule has 2 rings (SSSR count). The summed E-state index contributed by atoms with van der Waals surface area (Å²) in [6.45, 7) is 2.22. The molecule has 0 fully saturated rings. The normalized spacial score (nSPS) is 9.52. The molecule has 0 aliphatic carbocycles. The Balaban J connectivity index is 0.000000413. The molecule has 0 unspecified atom stereocenters. The van der Waals surface area contributed by atoms with Crippen LogP contribution in [0.15, 0.2) is 57.5 Å².